The van der Waals surface area contributed by atoms with Crippen LogP contribution in [0, 0.1) is 0 Å². The lowest BCUT2D eigenvalue weighted by atomic mass is 10.2. The molecule has 0 radical (unpaired) electrons. The Morgan fingerprint density at radius 2 is 2.19 bits per heavy atom. The second kappa shape index (κ2) is 5.37. The highest BCUT2D eigenvalue weighted by Gasteiger charge is 2.10. The Labute approximate surface area is 96.5 Å². The number of carboxylic acids is 1. The van der Waals surface area contributed by atoms with E-state index in [1.807, 2.05) is 0 Å². The molecule has 5 nitrogen and oxygen atoms in total. The molecule has 16 heavy (non-hydrogen) atoms. The van der Waals surface area contributed by atoms with Gasteiger partial charge in [-0.05, 0) is 6.07 Å². The topological polar surface area (TPSA) is 72.8 Å². The highest BCUT2D eigenvalue weighted by Crippen LogP contribution is 2.31. The zero-order valence-electron chi connectivity index (χ0n) is 8.40. The lowest BCUT2D eigenvalue weighted by molar-refractivity contribution is -0.139. The summed E-state index contributed by atoms with van der Waals surface area (Å²) >= 11 is 5.79. The fourth-order valence-electron chi connectivity index (χ4n) is 1.07. The van der Waals surface area contributed by atoms with Crippen molar-refractivity contribution in [1.82, 2.24) is 0 Å². The Bertz CT molecular complexity index is 416. The maximum Gasteiger partial charge on any atom is 0.341 e. The van der Waals surface area contributed by atoms with Gasteiger partial charge in [0.25, 0.3) is 0 Å². The number of aliphatic carboxylic acids is 1. The van der Waals surface area contributed by atoms with E-state index in [4.69, 9.17) is 26.2 Å². The van der Waals surface area contributed by atoms with E-state index in [1.165, 1.54) is 19.2 Å². The molecular weight excluding hydrogens is 236 g/mol. The molecule has 0 saturated heterocycles. The lowest BCUT2D eigenvalue weighted by Gasteiger charge is -2.09. The fraction of sp³-hybridized carbons (Fsp3) is 0.200. The maximum absolute atomic E-state index is 10.6. The third-order valence-corrected chi connectivity index (χ3v) is 2.06. The van der Waals surface area contributed by atoms with Gasteiger partial charge in [0.2, 0.25) is 0 Å². The maximum atomic E-state index is 10.6. The zero-order chi connectivity index (χ0) is 12.1. The number of halogens is 1. The van der Waals surface area contributed by atoms with E-state index < -0.39 is 12.6 Å². The quantitative estimate of drug-likeness (QED) is 0.797. The second-order valence-corrected chi connectivity index (χ2v) is 3.23. The van der Waals surface area contributed by atoms with Crippen molar-refractivity contribution in [3.05, 3.63) is 22.7 Å². The first kappa shape index (κ1) is 12.3. The molecule has 0 aromatic heterocycles. The molecule has 1 aromatic carbocycles. The van der Waals surface area contributed by atoms with Crippen LogP contribution < -0.4 is 9.47 Å². The average molecular weight is 245 g/mol. The predicted octanol–water partition coefficient (Wildman–Crippen LogP) is 1.62. The van der Waals surface area contributed by atoms with E-state index in [1.54, 1.807) is 0 Å². The molecule has 0 bridgehead atoms. The summed E-state index contributed by atoms with van der Waals surface area (Å²) < 4.78 is 9.83. The fourth-order valence-corrected chi connectivity index (χ4v) is 1.30. The highest BCUT2D eigenvalue weighted by atomic mass is 35.5. The number of aldehydes is 1. The number of methoxy groups -OCH3 is 1. The van der Waals surface area contributed by atoms with Crippen molar-refractivity contribution >= 4 is 23.9 Å². The second-order valence-electron chi connectivity index (χ2n) is 2.82. The van der Waals surface area contributed by atoms with Gasteiger partial charge in [0.15, 0.2) is 12.9 Å². The van der Waals surface area contributed by atoms with Crippen molar-refractivity contribution in [3.8, 4) is 11.5 Å². The van der Waals surface area contributed by atoms with Gasteiger partial charge in [0, 0.05) is 6.07 Å². The van der Waals surface area contributed by atoms with Gasteiger partial charge >= 0.3 is 5.97 Å². The van der Waals surface area contributed by atoms with E-state index in [0.717, 1.165) is 0 Å². The van der Waals surface area contributed by atoms with E-state index in [-0.39, 0.29) is 22.1 Å². The first-order valence-corrected chi connectivity index (χ1v) is 4.63. The van der Waals surface area contributed by atoms with Crippen LogP contribution in [-0.4, -0.2) is 31.1 Å². The van der Waals surface area contributed by atoms with Crippen molar-refractivity contribution in [2.45, 2.75) is 0 Å². The highest BCUT2D eigenvalue weighted by molar-refractivity contribution is 6.32. The summed E-state index contributed by atoms with van der Waals surface area (Å²) in [6.07, 6.45) is 0.589. The van der Waals surface area contributed by atoms with Crippen molar-refractivity contribution < 1.29 is 24.2 Å². The van der Waals surface area contributed by atoms with Crippen LogP contribution in [0.3, 0.4) is 0 Å². The average Bonchev–Trinajstić information content (AvgIpc) is 2.26. The van der Waals surface area contributed by atoms with Gasteiger partial charge < -0.3 is 14.6 Å². The molecule has 0 spiro atoms. The van der Waals surface area contributed by atoms with Crippen LogP contribution in [-0.2, 0) is 4.79 Å². The summed E-state index contributed by atoms with van der Waals surface area (Å²) in [4.78, 5) is 20.9. The van der Waals surface area contributed by atoms with Gasteiger partial charge in [-0.15, -0.1) is 0 Å². The molecule has 1 aromatic rings. The molecular formula is C10H9ClO5. The first-order valence-electron chi connectivity index (χ1n) is 4.25. The van der Waals surface area contributed by atoms with Gasteiger partial charge in [0.1, 0.15) is 11.5 Å². The molecule has 6 heteroatoms. The molecule has 0 heterocycles. The molecule has 0 unspecified atom stereocenters. The zero-order valence-corrected chi connectivity index (χ0v) is 9.15. The number of carboxylic acid groups (broad SMARTS) is 1. The number of carbonyl (C=O) groups is 2. The number of hydrogen-bond donors (Lipinski definition) is 1. The summed E-state index contributed by atoms with van der Waals surface area (Å²) in [6, 6.07) is 2.72. The summed E-state index contributed by atoms with van der Waals surface area (Å²) in [5, 5.41) is 8.59. The molecule has 1 N–H and O–H groups in total. The molecule has 1 rings (SSSR count). The summed E-state index contributed by atoms with van der Waals surface area (Å²) in [7, 11) is 1.39. The van der Waals surface area contributed by atoms with Gasteiger partial charge in [-0.2, -0.15) is 0 Å². The van der Waals surface area contributed by atoms with Gasteiger partial charge in [0.05, 0.1) is 17.7 Å². The Kier molecular flexibility index (Phi) is 4.13. The normalized spacial score (nSPS) is 9.62. The standard InChI is InChI=1S/C10H9ClO5/c1-15-8-3-9(16-5-10(13)14)7(11)2-6(8)4-12/h2-4H,5H2,1H3,(H,13,14). The first-order chi connectivity index (χ1) is 7.58. The van der Waals surface area contributed by atoms with Crippen LogP contribution in [0.25, 0.3) is 0 Å². The molecule has 0 atom stereocenters. The molecule has 0 fully saturated rings. The van der Waals surface area contributed by atoms with Crippen LogP contribution >= 0.6 is 11.6 Å². The molecule has 0 saturated carbocycles. The number of hydrogen-bond acceptors (Lipinski definition) is 4. The minimum atomic E-state index is -1.12. The third kappa shape index (κ3) is 2.87. The Morgan fingerprint density at radius 1 is 1.50 bits per heavy atom. The molecule has 0 amide bonds. The van der Waals surface area contributed by atoms with Crippen molar-refractivity contribution in [2.24, 2.45) is 0 Å². The summed E-state index contributed by atoms with van der Waals surface area (Å²) in [5.41, 5.74) is 0.273. The van der Waals surface area contributed by atoms with Crippen molar-refractivity contribution in [2.75, 3.05) is 13.7 Å². The smallest absolute Gasteiger partial charge is 0.341 e. The molecule has 0 aliphatic heterocycles. The van der Waals surface area contributed by atoms with E-state index in [0.29, 0.717) is 6.29 Å². The minimum absolute atomic E-state index is 0.157. The summed E-state index contributed by atoms with van der Waals surface area (Å²) in [5.74, 6) is -0.680. The van der Waals surface area contributed by atoms with E-state index in [2.05, 4.69) is 0 Å². The third-order valence-electron chi connectivity index (χ3n) is 1.76. The van der Waals surface area contributed by atoms with Gasteiger partial charge in [-0.1, -0.05) is 11.6 Å². The van der Waals surface area contributed by atoms with Crippen molar-refractivity contribution in [1.29, 1.82) is 0 Å². The van der Waals surface area contributed by atoms with Crippen LogP contribution in [0.2, 0.25) is 5.02 Å². The number of benzene rings is 1. The predicted molar refractivity (Wildman–Crippen MR) is 56.5 cm³/mol. The van der Waals surface area contributed by atoms with Crippen molar-refractivity contribution in [3.63, 3.8) is 0 Å². The minimum Gasteiger partial charge on any atom is -0.496 e. The Hall–Kier alpha value is -1.75. The largest absolute Gasteiger partial charge is 0.496 e. The van der Waals surface area contributed by atoms with Crippen LogP contribution in [0.1, 0.15) is 10.4 Å². The Morgan fingerprint density at radius 3 is 2.69 bits per heavy atom. The van der Waals surface area contributed by atoms with Gasteiger partial charge in [-0.25, -0.2) is 4.79 Å². The number of rotatable bonds is 5. The SMILES string of the molecule is COc1cc(OCC(=O)O)c(Cl)cc1C=O. The van der Waals surface area contributed by atoms with Crippen LogP contribution in [0.15, 0.2) is 12.1 Å². The molecule has 0 aliphatic rings. The van der Waals surface area contributed by atoms with E-state index in [9.17, 15) is 9.59 Å². The Balaban J connectivity index is 3.01. The lowest BCUT2D eigenvalue weighted by Crippen LogP contribution is -2.09. The monoisotopic (exact) mass is 244 g/mol. The van der Waals surface area contributed by atoms with Crippen LogP contribution in [0.5, 0.6) is 11.5 Å². The van der Waals surface area contributed by atoms with Gasteiger partial charge in [-0.3, -0.25) is 4.79 Å². The molecule has 0 aliphatic carbocycles. The number of ether oxygens (including phenoxy) is 2. The number of carbonyl (C=O) groups excluding carboxylic acids is 1. The summed E-state index contributed by atoms with van der Waals surface area (Å²) in [6.45, 7) is -0.511. The van der Waals surface area contributed by atoms with E-state index >= 15 is 0 Å². The van der Waals surface area contributed by atoms with Crippen LogP contribution in [0.4, 0.5) is 0 Å². The molecule has 86 valence electrons.